The molecule has 116 valence electrons. The molecule has 0 aromatic carbocycles. The molecule has 0 amide bonds. The first-order valence-corrected chi connectivity index (χ1v) is 7.14. The van der Waals surface area contributed by atoms with E-state index in [1.165, 1.54) is 13.3 Å². The summed E-state index contributed by atoms with van der Waals surface area (Å²) in [6, 6.07) is 0.0985. The molecule has 2 atom stereocenters. The minimum Gasteiger partial charge on any atom is -0.468 e. The lowest BCUT2D eigenvalue weighted by Gasteiger charge is -2.20. The highest BCUT2D eigenvalue weighted by Gasteiger charge is 2.27. The standard InChI is InChI=1S/C13H19ClN4O3/c1-8(15)9-3-4-17(6-9)10-5-16-18(7-11(19)21-2)13(20)12(10)14/h5,8-9H,3-4,6-7,15H2,1-2H3. The van der Waals surface area contributed by atoms with Crippen molar-refractivity contribution < 1.29 is 9.53 Å². The van der Waals surface area contributed by atoms with Crippen LogP contribution in [0.15, 0.2) is 11.0 Å². The fourth-order valence-electron chi connectivity index (χ4n) is 2.41. The van der Waals surface area contributed by atoms with E-state index in [-0.39, 0.29) is 17.6 Å². The summed E-state index contributed by atoms with van der Waals surface area (Å²) in [7, 11) is 1.25. The van der Waals surface area contributed by atoms with Crippen LogP contribution in [0.2, 0.25) is 5.02 Å². The number of nitrogens with zero attached hydrogens (tertiary/aromatic N) is 3. The molecule has 0 bridgehead atoms. The first kappa shape index (κ1) is 15.8. The Labute approximate surface area is 127 Å². The number of hydrogen-bond acceptors (Lipinski definition) is 6. The van der Waals surface area contributed by atoms with E-state index in [1.54, 1.807) is 0 Å². The lowest BCUT2D eigenvalue weighted by atomic mass is 10.0. The highest BCUT2D eigenvalue weighted by molar-refractivity contribution is 6.33. The largest absolute Gasteiger partial charge is 0.468 e. The van der Waals surface area contributed by atoms with E-state index < -0.39 is 11.5 Å². The molecule has 21 heavy (non-hydrogen) atoms. The van der Waals surface area contributed by atoms with Crippen molar-refractivity contribution in [2.45, 2.75) is 25.9 Å². The number of carbonyl (C=O) groups is 1. The summed E-state index contributed by atoms with van der Waals surface area (Å²) in [5.41, 5.74) is 6.00. The third-order valence-electron chi connectivity index (χ3n) is 3.78. The summed E-state index contributed by atoms with van der Waals surface area (Å²) < 4.78 is 5.51. The molecule has 1 aliphatic rings. The summed E-state index contributed by atoms with van der Waals surface area (Å²) >= 11 is 6.13. The van der Waals surface area contributed by atoms with Gasteiger partial charge in [-0.25, -0.2) is 4.68 Å². The topological polar surface area (TPSA) is 90.5 Å². The first-order valence-electron chi connectivity index (χ1n) is 6.77. The van der Waals surface area contributed by atoms with Gasteiger partial charge < -0.3 is 15.4 Å². The van der Waals surface area contributed by atoms with Crippen LogP contribution in [0, 0.1) is 5.92 Å². The molecule has 0 spiro atoms. The zero-order valence-corrected chi connectivity index (χ0v) is 12.8. The summed E-state index contributed by atoms with van der Waals surface area (Å²) in [5.74, 6) is -0.176. The zero-order valence-electron chi connectivity index (χ0n) is 12.1. The van der Waals surface area contributed by atoms with E-state index in [0.29, 0.717) is 11.6 Å². The highest BCUT2D eigenvalue weighted by atomic mass is 35.5. The van der Waals surface area contributed by atoms with E-state index in [9.17, 15) is 9.59 Å². The van der Waals surface area contributed by atoms with Gasteiger partial charge >= 0.3 is 5.97 Å². The molecule has 8 heteroatoms. The molecule has 2 N–H and O–H groups in total. The van der Waals surface area contributed by atoms with Gasteiger partial charge in [0.25, 0.3) is 5.56 Å². The lowest BCUT2D eigenvalue weighted by Crippen LogP contribution is -2.32. The van der Waals surface area contributed by atoms with Gasteiger partial charge in [0, 0.05) is 19.1 Å². The molecule has 0 saturated carbocycles. The molecule has 1 aromatic heterocycles. The van der Waals surface area contributed by atoms with E-state index in [0.717, 1.165) is 24.2 Å². The highest BCUT2D eigenvalue weighted by Crippen LogP contribution is 2.28. The number of anilines is 1. The molecular weight excluding hydrogens is 296 g/mol. The minimum atomic E-state index is -0.549. The molecule has 0 aliphatic carbocycles. The van der Waals surface area contributed by atoms with Crippen molar-refractivity contribution in [1.29, 1.82) is 0 Å². The van der Waals surface area contributed by atoms with Crippen molar-refractivity contribution in [1.82, 2.24) is 9.78 Å². The van der Waals surface area contributed by atoms with Crippen LogP contribution < -0.4 is 16.2 Å². The Balaban J connectivity index is 2.22. The molecule has 7 nitrogen and oxygen atoms in total. The van der Waals surface area contributed by atoms with Crippen LogP contribution in [-0.2, 0) is 16.1 Å². The Morgan fingerprint density at radius 2 is 2.38 bits per heavy atom. The normalized spacial score (nSPS) is 19.6. The van der Waals surface area contributed by atoms with Crippen molar-refractivity contribution in [2.75, 3.05) is 25.1 Å². The number of carbonyl (C=O) groups excluding carboxylic acids is 1. The van der Waals surface area contributed by atoms with Gasteiger partial charge in [0.05, 0.1) is 19.0 Å². The summed E-state index contributed by atoms with van der Waals surface area (Å²) in [6.07, 6.45) is 2.47. The maximum absolute atomic E-state index is 12.1. The van der Waals surface area contributed by atoms with Gasteiger partial charge in [-0.2, -0.15) is 5.10 Å². The van der Waals surface area contributed by atoms with Gasteiger partial charge in [0.1, 0.15) is 11.6 Å². The Kier molecular flexibility index (Phi) is 4.84. The van der Waals surface area contributed by atoms with E-state index in [4.69, 9.17) is 17.3 Å². The second-order valence-corrected chi connectivity index (χ2v) is 5.61. The molecule has 2 unspecified atom stereocenters. The number of ether oxygens (including phenoxy) is 1. The quantitative estimate of drug-likeness (QED) is 0.801. The molecule has 1 fully saturated rings. The minimum absolute atomic E-state index is 0.0687. The average Bonchev–Trinajstić information content (AvgIpc) is 2.93. The monoisotopic (exact) mass is 314 g/mol. The summed E-state index contributed by atoms with van der Waals surface area (Å²) in [5, 5.41) is 4.06. The van der Waals surface area contributed by atoms with Gasteiger partial charge in [0.15, 0.2) is 0 Å². The number of rotatable bonds is 4. The van der Waals surface area contributed by atoms with Crippen molar-refractivity contribution in [3.05, 3.63) is 21.6 Å². The number of halogens is 1. The second kappa shape index (κ2) is 6.44. The first-order chi connectivity index (χ1) is 9.93. The molecule has 1 aromatic rings. The molecule has 2 heterocycles. The Hall–Kier alpha value is -1.60. The van der Waals surface area contributed by atoms with Crippen LogP contribution in [0.3, 0.4) is 0 Å². The van der Waals surface area contributed by atoms with Crippen LogP contribution >= 0.6 is 11.6 Å². The Morgan fingerprint density at radius 1 is 1.67 bits per heavy atom. The molecule has 1 aliphatic heterocycles. The zero-order chi connectivity index (χ0) is 15.6. The van der Waals surface area contributed by atoms with Crippen molar-refractivity contribution in [3.8, 4) is 0 Å². The number of nitrogens with two attached hydrogens (primary N) is 1. The predicted octanol–water partition coefficient (Wildman–Crippen LogP) is 0.243. The van der Waals surface area contributed by atoms with Gasteiger partial charge in [-0.05, 0) is 19.3 Å². The van der Waals surface area contributed by atoms with Gasteiger partial charge in [-0.3, -0.25) is 9.59 Å². The number of methoxy groups -OCH3 is 1. The predicted molar refractivity (Wildman–Crippen MR) is 79.5 cm³/mol. The fourth-order valence-corrected chi connectivity index (χ4v) is 2.68. The molecule has 2 rings (SSSR count). The Bertz CT molecular complexity index is 587. The Morgan fingerprint density at radius 3 is 2.95 bits per heavy atom. The summed E-state index contributed by atoms with van der Waals surface area (Å²) in [4.78, 5) is 25.3. The second-order valence-electron chi connectivity index (χ2n) is 5.24. The maximum Gasteiger partial charge on any atom is 0.327 e. The van der Waals surface area contributed by atoms with E-state index in [2.05, 4.69) is 9.84 Å². The molecule has 1 saturated heterocycles. The SMILES string of the molecule is COC(=O)Cn1ncc(N2CCC(C(C)N)C2)c(Cl)c1=O. The van der Waals surface area contributed by atoms with Crippen LogP contribution in [0.25, 0.3) is 0 Å². The van der Waals surface area contributed by atoms with Crippen LogP contribution in [0.4, 0.5) is 5.69 Å². The van der Waals surface area contributed by atoms with Crippen molar-refractivity contribution in [3.63, 3.8) is 0 Å². The van der Waals surface area contributed by atoms with Gasteiger partial charge in [0.2, 0.25) is 0 Å². The third kappa shape index (κ3) is 3.36. The van der Waals surface area contributed by atoms with E-state index in [1.807, 2.05) is 11.8 Å². The van der Waals surface area contributed by atoms with Gasteiger partial charge in [-0.1, -0.05) is 11.6 Å². The van der Waals surface area contributed by atoms with Crippen LogP contribution in [-0.4, -0.2) is 42.0 Å². The third-order valence-corrected chi connectivity index (χ3v) is 4.14. The van der Waals surface area contributed by atoms with E-state index >= 15 is 0 Å². The smallest absolute Gasteiger partial charge is 0.327 e. The van der Waals surface area contributed by atoms with Gasteiger partial charge in [-0.15, -0.1) is 0 Å². The lowest BCUT2D eigenvalue weighted by molar-refractivity contribution is -0.141. The number of aromatic nitrogens is 2. The van der Waals surface area contributed by atoms with Crippen LogP contribution in [0.1, 0.15) is 13.3 Å². The number of esters is 1. The molecule has 0 radical (unpaired) electrons. The van der Waals surface area contributed by atoms with Crippen molar-refractivity contribution in [2.24, 2.45) is 11.7 Å². The van der Waals surface area contributed by atoms with Crippen LogP contribution in [0.5, 0.6) is 0 Å². The fraction of sp³-hybridized carbons (Fsp3) is 0.615. The molecular formula is C13H19ClN4O3. The summed E-state index contributed by atoms with van der Waals surface area (Å²) in [6.45, 7) is 3.26. The number of hydrogen-bond donors (Lipinski definition) is 1. The van der Waals surface area contributed by atoms with Crippen molar-refractivity contribution >= 4 is 23.3 Å². The maximum atomic E-state index is 12.1. The average molecular weight is 315 g/mol.